The molecule has 7 heteroatoms. The molecule has 1 heterocycles. The van der Waals surface area contributed by atoms with Gasteiger partial charge in [0, 0.05) is 26.2 Å². The Bertz CT molecular complexity index is 638. The summed E-state index contributed by atoms with van der Waals surface area (Å²) >= 11 is 0. The zero-order valence-corrected chi connectivity index (χ0v) is 15.4. The van der Waals surface area contributed by atoms with E-state index in [0.29, 0.717) is 19.5 Å². The Morgan fingerprint density at radius 3 is 2.25 bits per heavy atom. The van der Waals surface area contributed by atoms with Crippen LogP contribution in [0.4, 0.5) is 0 Å². The van der Waals surface area contributed by atoms with Crippen molar-refractivity contribution in [1.29, 1.82) is 0 Å². The van der Waals surface area contributed by atoms with Crippen LogP contribution in [0.1, 0.15) is 20.3 Å². The summed E-state index contributed by atoms with van der Waals surface area (Å²) in [5, 5.41) is 0. The van der Waals surface area contributed by atoms with Crippen molar-refractivity contribution in [3.05, 3.63) is 30.3 Å². The normalized spacial score (nSPS) is 17.9. The standard InChI is InChI=1S/C17H27N3O3S/c1-14(2)13-16(17(21)20-11-9-19(3)10-12-20)18-24(22,23)15-7-5-4-6-8-15/h4-8,14,16,18H,9-13H2,1-3H3/t16-/m1/s1. The molecule has 0 aliphatic carbocycles. The quantitative estimate of drug-likeness (QED) is 0.833. The minimum atomic E-state index is -3.71. The van der Waals surface area contributed by atoms with E-state index < -0.39 is 16.1 Å². The van der Waals surface area contributed by atoms with Gasteiger partial charge in [-0.05, 0) is 31.5 Å². The Morgan fingerprint density at radius 2 is 1.71 bits per heavy atom. The van der Waals surface area contributed by atoms with Gasteiger partial charge < -0.3 is 9.80 Å². The molecule has 1 amide bonds. The first-order valence-corrected chi connectivity index (χ1v) is 9.82. The van der Waals surface area contributed by atoms with E-state index in [2.05, 4.69) is 9.62 Å². The average molecular weight is 353 g/mol. The Labute approximate surface area is 144 Å². The molecule has 0 saturated carbocycles. The highest BCUT2D eigenvalue weighted by atomic mass is 32.2. The van der Waals surface area contributed by atoms with Gasteiger partial charge in [-0.1, -0.05) is 32.0 Å². The van der Waals surface area contributed by atoms with Crippen LogP contribution in [0.2, 0.25) is 0 Å². The number of amides is 1. The second kappa shape index (κ2) is 8.09. The van der Waals surface area contributed by atoms with Crippen molar-refractivity contribution in [2.24, 2.45) is 5.92 Å². The fraction of sp³-hybridized carbons (Fsp3) is 0.588. The first-order chi connectivity index (χ1) is 11.3. The second-order valence-electron chi connectivity index (χ2n) is 6.75. The summed E-state index contributed by atoms with van der Waals surface area (Å²) in [4.78, 5) is 16.9. The molecule has 0 bridgehead atoms. The molecule has 2 rings (SSSR count). The summed E-state index contributed by atoms with van der Waals surface area (Å²) in [6.45, 7) is 6.87. The fourth-order valence-electron chi connectivity index (χ4n) is 2.77. The van der Waals surface area contributed by atoms with Crippen LogP contribution < -0.4 is 4.72 Å². The minimum Gasteiger partial charge on any atom is -0.339 e. The second-order valence-corrected chi connectivity index (χ2v) is 8.46. The van der Waals surface area contributed by atoms with Gasteiger partial charge in [-0.15, -0.1) is 0 Å². The molecule has 0 unspecified atom stereocenters. The lowest BCUT2D eigenvalue weighted by Gasteiger charge is -2.35. The lowest BCUT2D eigenvalue weighted by Crippen LogP contribution is -2.54. The highest BCUT2D eigenvalue weighted by Crippen LogP contribution is 2.14. The van der Waals surface area contributed by atoms with Crippen LogP contribution in [0.5, 0.6) is 0 Å². The molecule has 0 radical (unpaired) electrons. The lowest BCUT2D eigenvalue weighted by molar-refractivity contribution is -0.135. The number of carbonyl (C=O) groups excluding carboxylic acids is 1. The molecular formula is C17H27N3O3S. The minimum absolute atomic E-state index is 0.128. The largest absolute Gasteiger partial charge is 0.339 e. The summed E-state index contributed by atoms with van der Waals surface area (Å²) in [6, 6.07) is 7.46. The van der Waals surface area contributed by atoms with E-state index in [4.69, 9.17) is 0 Å². The molecule has 1 fully saturated rings. The van der Waals surface area contributed by atoms with E-state index in [-0.39, 0.29) is 16.7 Å². The van der Waals surface area contributed by atoms with Crippen molar-refractivity contribution in [2.75, 3.05) is 33.2 Å². The van der Waals surface area contributed by atoms with Gasteiger partial charge in [0.2, 0.25) is 15.9 Å². The van der Waals surface area contributed by atoms with Crippen molar-refractivity contribution in [1.82, 2.24) is 14.5 Å². The molecule has 24 heavy (non-hydrogen) atoms. The van der Waals surface area contributed by atoms with E-state index in [1.54, 1.807) is 23.1 Å². The zero-order valence-electron chi connectivity index (χ0n) is 14.6. The third kappa shape index (κ3) is 5.03. The SMILES string of the molecule is CC(C)C[C@@H](NS(=O)(=O)c1ccccc1)C(=O)N1CCN(C)CC1. The number of hydrogen-bond acceptors (Lipinski definition) is 4. The molecule has 6 nitrogen and oxygen atoms in total. The predicted molar refractivity (Wildman–Crippen MR) is 94.1 cm³/mol. The number of likely N-dealkylation sites (N-methyl/N-ethyl adjacent to an activating group) is 1. The lowest BCUT2D eigenvalue weighted by atomic mass is 10.0. The number of carbonyl (C=O) groups is 1. The molecule has 0 aromatic heterocycles. The van der Waals surface area contributed by atoms with Crippen molar-refractivity contribution in [2.45, 2.75) is 31.2 Å². The first kappa shape index (κ1) is 18.9. The summed E-state index contributed by atoms with van der Waals surface area (Å²) < 4.78 is 27.8. The number of rotatable bonds is 6. The van der Waals surface area contributed by atoms with Gasteiger partial charge in [0.25, 0.3) is 0 Å². The highest BCUT2D eigenvalue weighted by molar-refractivity contribution is 7.89. The Morgan fingerprint density at radius 1 is 1.12 bits per heavy atom. The van der Waals surface area contributed by atoms with E-state index >= 15 is 0 Å². The molecular weight excluding hydrogens is 326 g/mol. The molecule has 1 atom stereocenters. The number of benzene rings is 1. The van der Waals surface area contributed by atoms with Crippen molar-refractivity contribution >= 4 is 15.9 Å². The smallest absolute Gasteiger partial charge is 0.241 e. The van der Waals surface area contributed by atoms with Crippen molar-refractivity contribution in [3.8, 4) is 0 Å². The highest BCUT2D eigenvalue weighted by Gasteiger charge is 2.31. The Kier molecular flexibility index (Phi) is 6.37. The van der Waals surface area contributed by atoms with Crippen molar-refractivity contribution < 1.29 is 13.2 Å². The van der Waals surface area contributed by atoms with Crippen molar-refractivity contribution in [3.63, 3.8) is 0 Å². The molecule has 1 aromatic rings. The van der Waals surface area contributed by atoms with Gasteiger partial charge >= 0.3 is 0 Å². The maximum atomic E-state index is 12.8. The number of sulfonamides is 1. The summed E-state index contributed by atoms with van der Waals surface area (Å²) in [7, 11) is -1.69. The van der Waals surface area contributed by atoms with E-state index in [9.17, 15) is 13.2 Å². The summed E-state index contributed by atoms with van der Waals surface area (Å²) in [6.07, 6.45) is 0.483. The van der Waals surface area contributed by atoms with Crippen LogP contribution in [-0.2, 0) is 14.8 Å². The topological polar surface area (TPSA) is 69.7 Å². The number of piperazine rings is 1. The number of nitrogens with zero attached hydrogens (tertiary/aromatic N) is 2. The Hall–Kier alpha value is -1.44. The number of nitrogens with one attached hydrogen (secondary N) is 1. The van der Waals surface area contributed by atoms with E-state index in [0.717, 1.165) is 13.1 Å². The van der Waals surface area contributed by atoms with Gasteiger partial charge in [0.15, 0.2) is 0 Å². The third-order valence-corrected chi connectivity index (χ3v) is 5.66. The van der Waals surface area contributed by atoms with Gasteiger partial charge in [0.05, 0.1) is 4.90 Å². The Balaban J connectivity index is 2.14. The van der Waals surface area contributed by atoms with Gasteiger partial charge in [-0.3, -0.25) is 4.79 Å². The molecule has 0 spiro atoms. The maximum absolute atomic E-state index is 12.8. The average Bonchev–Trinajstić information content (AvgIpc) is 2.54. The van der Waals surface area contributed by atoms with Crippen LogP contribution in [0.15, 0.2) is 35.2 Å². The molecule has 1 saturated heterocycles. The first-order valence-electron chi connectivity index (χ1n) is 8.34. The zero-order chi connectivity index (χ0) is 17.7. The molecule has 1 aliphatic rings. The van der Waals surface area contributed by atoms with E-state index in [1.807, 2.05) is 20.9 Å². The molecule has 134 valence electrons. The maximum Gasteiger partial charge on any atom is 0.241 e. The summed E-state index contributed by atoms with van der Waals surface area (Å²) in [5.74, 6) is 0.0844. The van der Waals surface area contributed by atoms with Crippen LogP contribution in [0, 0.1) is 5.92 Å². The number of hydrogen-bond donors (Lipinski definition) is 1. The molecule has 1 N–H and O–H groups in total. The van der Waals surface area contributed by atoms with Gasteiger partial charge in [-0.2, -0.15) is 4.72 Å². The van der Waals surface area contributed by atoms with Crippen LogP contribution >= 0.6 is 0 Å². The predicted octanol–water partition coefficient (Wildman–Crippen LogP) is 1.15. The summed E-state index contributed by atoms with van der Waals surface area (Å²) in [5.41, 5.74) is 0. The third-order valence-electron chi connectivity index (χ3n) is 4.17. The molecule has 1 aromatic carbocycles. The van der Waals surface area contributed by atoms with Crippen LogP contribution in [-0.4, -0.2) is 63.4 Å². The van der Waals surface area contributed by atoms with Crippen LogP contribution in [0.25, 0.3) is 0 Å². The van der Waals surface area contributed by atoms with E-state index in [1.165, 1.54) is 12.1 Å². The monoisotopic (exact) mass is 353 g/mol. The van der Waals surface area contributed by atoms with Crippen LogP contribution in [0.3, 0.4) is 0 Å². The van der Waals surface area contributed by atoms with Gasteiger partial charge in [-0.25, -0.2) is 8.42 Å². The van der Waals surface area contributed by atoms with Gasteiger partial charge in [0.1, 0.15) is 6.04 Å². The molecule has 1 aliphatic heterocycles. The fourth-order valence-corrected chi connectivity index (χ4v) is 4.00.